The lowest BCUT2D eigenvalue weighted by Crippen LogP contribution is -2.44. The molecule has 0 radical (unpaired) electrons. The van der Waals surface area contributed by atoms with Crippen LogP contribution in [-0.2, 0) is 9.53 Å². The molecule has 4 heteroatoms. The van der Waals surface area contributed by atoms with Crippen LogP contribution in [-0.4, -0.2) is 49.2 Å². The predicted octanol–water partition coefficient (Wildman–Crippen LogP) is 0.764. The third kappa shape index (κ3) is 2.74. The first-order valence-corrected chi connectivity index (χ1v) is 6.32. The number of hydrogen-bond acceptors (Lipinski definition) is 4. The standard InChI is InChI=1S/C12H22N2O2/c1-3-11(12(15)16-2)13-9-6-7-14(8-9)10-4-5-10/h9-11,13H,3-8H2,1-2H3. The normalized spacial score (nSPS) is 28.0. The molecule has 0 aromatic heterocycles. The SMILES string of the molecule is CCC(NC1CCN(C2CC2)C1)C(=O)OC. The van der Waals surface area contributed by atoms with Crippen molar-refractivity contribution in [1.82, 2.24) is 10.2 Å². The molecule has 1 aliphatic heterocycles. The van der Waals surface area contributed by atoms with Crippen molar-refractivity contribution in [1.29, 1.82) is 0 Å². The van der Waals surface area contributed by atoms with Gasteiger partial charge in [0.2, 0.25) is 0 Å². The second-order valence-electron chi connectivity index (χ2n) is 4.86. The van der Waals surface area contributed by atoms with E-state index in [2.05, 4.69) is 10.2 Å². The third-order valence-corrected chi connectivity index (χ3v) is 3.61. The maximum atomic E-state index is 11.5. The number of carbonyl (C=O) groups excluding carboxylic acids is 1. The second kappa shape index (κ2) is 5.15. The summed E-state index contributed by atoms with van der Waals surface area (Å²) in [5.41, 5.74) is 0. The molecule has 0 spiro atoms. The molecule has 1 heterocycles. The first-order valence-electron chi connectivity index (χ1n) is 6.32. The fourth-order valence-corrected chi connectivity index (χ4v) is 2.47. The average molecular weight is 226 g/mol. The van der Waals surface area contributed by atoms with Gasteiger partial charge in [-0.1, -0.05) is 6.92 Å². The number of nitrogens with one attached hydrogen (secondary N) is 1. The minimum absolute atomic E-state index is 0.130. The highest BCUT2D eigenvalue weighted by molar-refractivity contribution is 5.75. The molecule has 2 fully saturated rings. The molecule has 2 atom stereocenters. The van der Waals surface area contributed by atoms with Crippen molar-refractivity contribution >= 4 is 5.97 Å². The summed E-state index contributed by atoms with van der Waals surface area (Å²) >= 11 is 0. The summed E-state index contributed by atoms with van der Waals surface area (Å²) in [7, 11) is 1.46. The number of rotatable bonds is 5. The van der Waals surface area contributed by atoms with Crippen LogP contribution >= 0.6 is 0 Å². The summed E-state index contributed by atoms with van der Waals surface area (Å²) in [6, 6.07) is 1.17. The molecule has 2 rings (SSSR count). The number of ether oxygens (including phenoxy) is 1. The Morgan fingerprint density at radius 1 is 1.50 bits per heavy atom. The Balaban J connectivity index is 1.77. The maximum absolute atomic E-state index is 11.5. The zero-order valence-electron chi connectivity index (χ0n) is 10.2. The molecule has 0 amide bonds. The summed E-state index contributed by atoms with van der Waals surface area (Å²) in [5.74, 6) is -0.132. The molecule has 0 aromatic carbocycles. The van der Waals surface area contributed by atoms with Crippen molar-refractivity contribution in [2.75, 3.05) is 20.2 Å². The first kappa shape index (κ1) is 11.9. The Labute approximate surface area is 97.3 Å². The zero-order chi connectivity index (χ0) is 11.5. The van der Waals surface area contributed by atoms with E-state index in [1.807, 2.05) is 6.92 Å². The summed E-state index contributed by atoms with van der Waals surface area (Å²) in [6.45, 7) is 4.29. The van der Waals surface area contributed by atoms with Crippen molar-refractivity contribution < 1.29 is 9.53 Å². The van der Waals surface area contributed by atoms with Gasteiger partial charge in [-0.2, -0.15) is 0 Å². The smallest absolute Gasteiger partial charge is 0.322 e. The van der Waals surface area contributed by atoms with Crippen LogP contribution in [0.2, 0.25) is 0 Å². The number of hydrogen-bond donors (Lipinski definition) is 1. The summed E-state index contributed by atoms with van der Waals surface area (Å²) in [5, 5.41) is 3.41. The van der Waals surface area contributed by atoms with Crippen LogP contribution in [0.3, 0.4) is 0 Å². The molecule has 1 aliphatic carbocycles. The van der Waals surface area contributed by atoms with Gasteiger partial charge in [0, 0.05) is 25.2 Å². The van der Waals surface area contributed by atoms with Crippen molar-refractivity contribution in [2.24, 2.45) is 0 Å². The summed E-state index contributed by atoms with van der Waals surface area (Å²) < 4.78 is 4.79. The Morgan fingerprint density at radius 2 is 2.25 bits per heavy atom. The fourth-order valence-electron chi connectivity index (χ4n) is 2.47. The Kier molecular flexibility index (Phi) is 3.82. The van der Waals surface area contributed by atoms with Crippen LogP contribution in [0.15, 0.2) is 0 Å². The largest absolute Gasteiger partial charge is 0.468 e. The van der Waals surface area contributed by atoms with Gasteiger partial charge < -0.3 is 10.1 Å². The number of nitrogens with zero attached hydrogens (tertiary/aromatic N) is 1. The van der Waals surface area contributed by atoms with E-state index in [0.717, 1.165) is 25.4 Å². The Bertz CT molecular complexity index is 253. The molecular weight excluding hydrogens is 204 g/mol. The average Bonchev–Trinajstić information content (AvgIpc) is 3.05. The van der Waals surface area contributed by atoms with E-state index in [-0.39, 0.29) is 12.0 Å². The molecule has 16 heavy (non-hydrogen) atoms. The molecule has 1 saturated carbocycles. The minimum atomic E-state index is -0.132. The monoisotopic (exact) mass is 226 g/mol. The lowest BCUT2D eigenvalue weighted by molar-refractivity contribution is -0.143. The van der Waals surface area contributed by atoms with Gasteiger partial charge in [0.1, 0.15) is 6.04 Å². The lowest BCUT2D eigenvalue weighted by Gasteiger charge is -2.20. The topological polar surface area (TPSA) is 41.6 Å². The van der Waals surface area contributed by atoms with Gasteiger partial charge in [-0.25, -0.2) is 0 Å². The van der Waals surface area contributed by atoms with E-state index in [0.29, 0.717) is 6.04 Å². The molecule has 2 unspecified atom stereocenters. The van der Waals surface area contributed by atoms with E-state index >= 15 is 0 Å². The summed E-state index contributed by atoms with van der Waals surface area (Å²) in [4.78, 5) is 14.0. The van der Waals surface area contributed by atoms with Gasteiger partial charge in [0.15, 0.2) is 0 Å². The van der Waals surface area contributed by atoms with Gasteiger partial charge in [0.05, 0.1) is 7.11 Å². The van der Waals surface area contributed by atoms with Crippen LogP contribution in [0.25, 0.3) is 0 Å². The molecular formula is C12H22N2O2. The molecule has 1 saturated heterocycles. The predicted molar refractivity (Wildman–Crippen MR) is 62.2 cm³/mol. The first-order chi connectivity index (χ1) is 7.74. The number of likely N-dealkylation sites (tertiary alicyclic amines) is 1. The van der Waals surface area contributed by atoms with E-state index in [1.165, 1.54) is 26.5 Å². The molecule has 2 aliphatic rings. The highest BCUT2D eigenvalue weighted by Crippen LogP contribution is 2.29. The summed E-state index contributed by atoms with van der Waals surface area (Å²) in [6.07, 6.45) is 4.68. The van der Waals surface area contributed by atoms with E-state index < -0.39 is 0 Å². The van der Waals surface area contributed by atoms with Crippen LogP contribution < -0.4 is 5.32 Å². The third-order valence-electron chi connectivity index (χ3n) is 3.61. The Hall–Kier alpha value is -0.610. The second-order valence-corrected chi connectivity index (χ2v) is 4.86. The molecule has 0 bridgehead atoms. The quantitative estimate of drug-likeness (QED) is 0.703. The van der Waals surface area contributed by atoms with Gasteiger partial charge in [-0.3, -0.25) is 9.69 Å². The molecule has 4 nitrogen and oxygen atoms in total. The van der Waals surface area contributed by atoms with Gasteiger partial charge in [0.25, 0.3) is 0 Å². The van der Waals surface area contributed by atoms with E-state index in [4.69, 9.17) is 4.74 Å². The maximum Gasteiger partial charge on any atom is 0.322 e. The highest BCUT2D eigenvalue weighted by atomic mass is 16.5. The number of methoxy groups -OCH3 is 1. The van der Waals surface area contributed by atoms with Crippen LogP contribution in [0, 0.1) is 0 Å². The van der Waals surface area contributed by atoms with E-state index in [1.54, 1.807) is 0 Å². The van der Waals surface area contributed by atoms with Crippen molar-refractivity contribution in [3.05, 3.63) is 0 Å². The van der Waals surface area contributed by atoms with E-state index in [9.17, 15) is 4.79 Å². The molecule has 0 aromatic rings. The fraction of sp³-hybridized carbons (Fsp3) is 0.917. The van der Waals surface area contributed by atoms with Crippen LogP contribution in [0.5, 0.6) is 0 Å². The van der Waals surface area contributed by atoms with Crippen LogP contribution in [0.4, 0.5) is 0 Å². The lowest BCUT2D eigenvalue weighted by atomic mass is 10.1. The Morgan fingerprint density at radius 3 is 2.81 bits per heavy atom. The van der Waals surface area contributed by atoms with Crippen molar-refractivity contribution in [2.45, 2.75) is 50.7 Å². The molecule has 1 N–H and O–H groups in total. The van der Waals surface area contributed by atoms with Gasteiger partial charge >= 0.3 is 5.97 Å². The van der Waals surface area contributed by atoms with Crippen molar-refractivity contribution in [3.8, 4) is 0 Å². The molecule has 92 valence electrons. The van der Waals surface area contributed by atoms with Crippen molar-refractivity contribution in [3.63, 3.8) is 0 Å². The van der Waals surface area contributed by atoms with Crippen LogP contribution in [0.1, 0.15) is 32.6 Å². The minimum Gasteiger partial charge on any atom is -0.468 e. The highest BCUT2D eigenvalue weighted by Gasteiger charge is 2.35. The van der Waals surface area contributed by atoms with Gasteiger partial charge in [-0.15, -0.1) is 0 Å². The zero-order valence-corrected chi connectivity index (χ0v) is 10.2. The number of esters is 1. The van der Waals surface area contributed by atoms with Gasteiger partial charge in [-0.05, 0) is 25.7 Å². The number of carbonyl (C=O) groups is 1.